The van der Waals surface area contributed by atoms with Crippen molar-refractivity contribution in [1.82, 2.24) is 0 Å². The molecule has 0 bridgehead atoms. The summed E-state index contributed by atoms with van der Waals surface area (Å²) in [6.45, 7) is 0. The number of carboxylic acid groups (broad SMARTS) is 1. The molecule has 0 aliphatic carbocycles. The van der Waals surface area contributed by atoms with Gasteiger partial charge in [0.25, 0.3) is 0 Å². The third-order valence-electron chi connectivity index (χ3n) is 1.81. The van der Waals surface area contributed by atoms with Crippen molar-refractivity contribution in [1.29, 1.82) is 0 Å². The summed E-state index contributed by atoms with van der Waals surface area (Å²) >= 11 is 3.26. The van der Waals surface area contributed by atoms with Crippen molar-refractivity contribution in [3.05, 3.63) is 40.5 Å². The quantitative estimate of drug-likeness (QED) is 0.653. The Morgan fingerprint density at radius 2 is 2.06 bits per heavy atom. The Kier molecular flexibility index (Phi) is 4.71. The lowest BCUT2D eigenvalue weighted by atomic mass is 10.3. The van der Waals surface area contributed by atoms with Gasteiger partial charge in [-0.05, 0) is 34.1 Å². The summed E-state index contributed by atoms with van der Waals surface area (Å²) in [5, 5.41) is 13.1. The molecule has 0 aliphatic rings. The minimum atomic E-state index is -1.48. The Hall–Kier alpha value is -1.82. The fourth-order valence-corrected chi connectivity index (χ4v) is 1.47. The molecule has 0 amide bonds. The molecule has 0 saturated carbocycles. The molecule has 1 N–H and O–H groups in total. The Morgan fingerprint density at radius 3 is 2.59 bits per heavy atom. The molecule has 5 nitrogen and oxygen atoms in total. The molecule has 0 unspecified atom stereocenters. The number of rotatable bonds is 4. The Balaban J connectivity index is 2.99. The van der Waals surface area contributed by atoms with E-state index in [4.69, 9.17) is 0 Å². The van der Waals surface area contributed by atoms with Crippen molar-refractivity contribution in [2.45, 2.75) is 0 Å². The fourth-order valence-electron chi connectivity index (χ4n) is 1.08. The van der Waals surface area contributed by atoms with Crippen LogP contribution in [0.1, 0.15) is 0 Å². The van der Waals surface area contributed by atoms with E-state index < -0.39 is 11.9 Å². The van der Waals surface area contributed by atoms with Gasteiger partial charge in [0, 0.05) is 4.47 Å². The fraction of sp³-hybridized carbons (Fsp3) is 0.0909. The largest absolute Gasteiger partial charge is 0.545 e. The van der Waals surface area contributed by atoms with E-state index in [9.17, 15) is 14.7 Å². The Bertz CT molecular complexity index is 470. The van der Waals surface area contributed by atoms with E-state index in [-0.39, 0.29) is 5.70 Å². The summed E-state index contributed by atoms with van der Waals surface area (Å²) in [6.07, 6.45) is 0.644. The minimum Gasteiger partial charge on any atom is -0.545 e. The SMILES string of the molecule is COC(=O)C(=CC(=O)[O-])Nc1ccccc1Br. The molecule has 1 rings (SSSR count). The maximum atomic E-state index is 11.3. The normalized spacial score (nSPS) is 10.8. The average Bonchev–Trinajstić information content (AvgIpc) is 2.29. The third-order valence-corrected chi connectivity index (χ3v) is 2.50. The second-order valence-electron chi connectivity index (χ2n) is 2.97. The molecule has 0 aromatic heterocycles. The summed E-state index contributed by atoms with van der Waals surface area (Å²) in [5.41, 5.74) is 0.338. The molecule has 6 heteroatoms. The van der Waals surface area contributed by atoms with Crippen LogP contribution >= 0.6 is 15.9 Å². The van der Waals surface area contributed by atoms with Gasteiger partial charge >= 0.3 is 5.97 Å². The van der Waals surface area contributed by atoms with Gasteiger partial charge in [-0.25, -0.2) is 4.79 Å². The van der Waals surface area contributed by atoms with E-state index in [0.717, 1.165) is 7.11 Å². The van der Waals surface area contributed by atoms with E-state index in [1.54, 1.807) is 24.3 Å². The highest BCUT2D eigenvalue weighted by molar-refractivity contribution is 9.10. The van der Waals surface area contributed by atoms with Crippen LogP contribution in [-0.2, 0) is 14.3 Å². The summed E-state index contributed by atoms with van der Waals surface area (Å²) in [6, 6.07) is 6.95. The highest BCUT2D eigenvalue weighted by Crippen LogP contribution is 2.22. The molecule has 1 aromatic carbocycles. The van der Waals surface area contributed by atoms with Gasteiger partial charge in [0.05, 0.1) is 18.8 Å². The molecule has 0 atom stereocenters. The molecule has 0 heterocycles. The number of hydrogen-bond acceptors (Lipinski definition) is 5. The van der Waals surface area contributed by atoms with Crippen LogP contribution in [0.4, 0.5) is 5.69 Å². The smallest absolute Gasteiger partial charge is 0.354 e. The van der Waals surface area contributed by atoms with Crippen LogP contribution in [0.5, 0.6) is 0 Å². The van der Waals surface area contributed by atoms with Gasteiger partial charge in [0.1, 0.15) is 5.70 Å². The van der Waals surface area contributed by atoms with Crippen LogP contribution in [0.25, 0.3) is 0 Å². The van der Waals surface area contributed by atoms with Crippen molar-refractivity contribution in [2.75, 3.05) is 12.4 Å². The average molecular weight is 299 g/mol. The van der Waals surface area contributed by atoms with Crippen molar-refractivity contribution in [3.8, 4) is 0 Å². The van der Waals surface area contributed by atoms with Gasteiger partial charge in [0.2, 0.25) is 0 Å². The Morgan fingerprint density at radius 1 is 1.41 bits per heavy atom. The number of halogens is 1. The van der Waals surface area contributed by atoms with E-state index in [2.05, 4.69) is 26.0 Å². The lowest BCUT2D eigenvalue weighted by Crippen LogP contribution is -2.23. The summed E-state index contributed by atoms with van der Waals surface area (Å²) in [7, 11) is 1.16. The second kappa shape index (κ2) is 6.05. The molecule has 90 valence electrons. The van der Waals surface area contributed by atoms with Crippen LogP contribution in [0.2, 0.25) is 0 Å². The maximum Gasteiger partial charge on any atom is 0.354 e. The first-order valence-electron chi connectivity index (χ1n) is 4.57. The van der Waals surface area contributed by atoms with Crippen LogP contribution in [0.3, 0.4) is 0 Å². The zero-order chi connectivity index (χ0) is 12.8. The first kappa shape index (κ1) is 13.2. The molecule has 0 aliphatic heterocycles. The predicted molar refractivity (Wildman–Crippen MR) is 62.9 cm³/mol. The van der Waals surface area contributed by atoms with Crippen molar-refractivity contribution >= 4 is 33.6 Å². The van der Waals surface area contributed by atoms with Crippen LogP contribution in [-0.4, -0.2) is 19.0 Å². The van der Waals surface area contributed by atoms with Gasteiger partial charge in [-0.1, -0.05) is 12.1 Å². The number of anilines is 1. The van der Waals surface area contributed by atoms with E-state index in [0.29, 0.717) is 16.2 Å². The molecule has 0 fully saturated rings. The first-order valence-corrected chi connectivity index (χ1v) is 5.36. The van der Waals surface area contributed by atoms with Gasteiger partial charge in [0.15, 0.2) is 0 Å². The molecule has 0 saturated heterocycles. The van der Waals surface area contributed by atoms with Crippen LogP contribution < -0.4 is 10.4 Å². The minimum absolute atomic E-state index is 0.209. The molecule has 0 radical (unpaired) electrons. The molecular formula is C11H9BrNO4-. The van der Waals surface area contributed by atoms with Crippen LogP contribution in [0.15, 0.2) is 40.5 Å². The number of nitrogens with one attached hydrogen (secondary N) is 1. The van der Waals surface area contributed by atoms with E-state index in [1.165, 1.54) is 0 Å². The molecule has 17 heavy (non-hydrogen) atoms. The summed E-state index contributed by atoms with van der Waals surface area (Å²) < 4.78 is 5.14. The summed E-state index contributed by atoms with van der Waals surface area (Å²) in [4.78, 5) is 21.8. The van der Waals surface area contributed by atoms with Gasteiger partial charge in [-0.15, -0.1) is 0 Å². The first-order chi connectivity index (χ1) is 8.04. The second-order valence-corrected chi connectivity index (χ2v) is 3.83. The lowest BCUT2D eigenvalue weighted by molar-refractivity contribution is -0.297. The predicted octanol–water partition coefficient (Wildman–Crippen LogP) is 0.668. The Labute approximate surface area is 106 Å². The monoisotopic (exact) mass is 298 g/mol. The number of carbonyl (C=O) groups is 2. The number of hydrogen-bond donors (Lipinski definition) is 1. The maximum absolute atomic E-state index is 11.3. The number of carbonyl (C=O) groups excluding carboxylic acids is 2. The van der Waals surface area contributed by atoms with E-state index in [1.807, 2.05) is 0 Å². The highest BCUT2D eigenvalue weighted by Gasteiger charge is 2.10. The topological polar surface area (TPSA) is 78.5 Å². The van der Waals surface area contributed by atoms with E-state index >= 15 is 0 Å². The number of ether oxygens (including phenoxy) is 1. The molecular weight excluding hydrogens is 290 g/mol. The molecule has 1 aromatic rings. The van der Waals surface area contributed by atoms with Crippen molar-refractivity contribution in [2.24, 2.45) is 0 Å². The highest BCUT2D eigenvalue weighted by atomic mass is 79.9. The van der Waals surface area contributed by atoms with Crippen molar-refractivity contribution < 1.29 is 19.4 Å². The number of esters is 1. The lowest BCUT2D eigenvalue weighted by Gasteiger charge is -2.10. The van der Waals surface area contributed by atoms with Gasteiger partial charge < -0.3 is 20.0 Å². The molecule has 0 spiro atoms. The standard InChI is InChI=1S/C11H10BrNO4/c1-17-11(16)9(6-10(14)15)13-8-5-3-2-4-7(8)12/h2-6,13H,1H3,(H,14,15)/p-1. The van der Waals surface area contributed by atoms with Gasteiger partial charge in [-0.2, -0.15) is 0 Å². The van der Waals surface area contributed by atoms with Crippen LogP contribution in [0, 0.1) is 0 Å². The zero-order valence-corrected chi connectivity index (χ0v) is 10.5. The number of carboxylic acids is 1. The number of benzene rings is 1. The zero-order valence-electron chi connectivity index (χ0n) is 8.90. The number of methoxy groups -OCH3 is 1. The van der Waals surface area contributed by atoms with Gasteiger partial charge in [-0.3, -0.25) is 0 Å². The number of para-hydroxylation sites is 1. The number of aliphatic carboxylic acids is 1. The summed E-state index contributed by atoms with van der Waals surface area (Å²) in [5.74, 6) is -2.27. The third kappa shape index (κ3) is 3.92. The van der Waals surface area contributed by atoms with Crippen molar-refractivity contribution in [3.63, 3.8) is 0 Å².